The average molecular weight is 260 g/mol. The summed E-state index contributed by atoms with van der Waals surface area (Å²) >= 11 is 0. The molecule has 0 aromatic carbocycles. The van der Waals surface area contributed by atoms with Gasteiger partial charge in [-0.2, -0.15) is 0 Å². The van der Waals surface area contributed by atoms with Gasteiger partial charge in [-0.3, -0.25) is 4.79 Å². The Hall–Kier alpha value is -1.65. The van der Waals surface area contributed by atoms with Crippen LogP contribution in [0.1, 0.15) is 47.6 Å². The Kier molecular flexibility index (Phi) is 3.36. The van der Waals surface area contributed by atoms with Crippen LogP contribution < -0.4 is 10.2 Å². The van der Waals surface area contributed by atoms with E-state index in [1.54, 1.807) is 0 Å². The lowest BCUT2D eigenvalue weighted by molar-refractivity contribution is 0.0940. The Balaban J connectivity index is 2.02. The minimum atomic E-state index is -0.0529. The van der Waals surface area contributed by atoms with Gasteiger partial charge in [-0.05, 0) is 26.2 Å². The van der Waals surface area contributed by atoms with Crippen LogP contribution in [0.2, 0.25) is 0 Å². The number of aryl methyl sites for hydroxylation is 1. The van der Waals surface area contributed by atoms with E-state index >= 15 is 0 Å². The van der Waals surface area contributed by atoms with Gasteiger partial charge >= 0.3 is 0 Å². The molecule has 0 spiro atoms. The maximum atomic E-state index is 11.9. The zero-order valence-electron chi connectivity index (χ0n) is 11.4. The van der Waals surface area contributed by atoms with Gasteiger partial charge in [0.05, 0.1) is 0 Å². The molecule has 0 bridgehead atoms. The van der Waals surface area contributed by atoms with E-state index in [0.29, 0.717) is 18.1 Å². The lowest BCUT2D eigenvalue weighted by atomic mass is 10.1. The second-order valence-electron chi connectivity index (χ2n) is 5.33. The molecule has 5 nitrogen and oxygen atoms in total. The number of hydrogen-bond donors (Lipinski definition) is 1. The third-order valence-electron chi connectivity index (χ3n) is 3.88. The van der Waals surface area contributed by atoms with Crippen LogP contribution in [-0.4, -0.2) is 35.5 Å². The summed E-state index contributed by atoms with van der Waals surface area (Å²) in [6, 6.07) is 0. The van der Waals surface area contributed by atoms with Crippen LogP contribution in [0.5, 0.6) is 0 Å². The van der Waals surface area contributed by atoms with Crippen LogP contribution in [0, 0.1) is 6.92 Å². The molecule has 1 saturated heterocycles. The first kappa shape index (κ1) is 12.4. The van der Waals surface area contributed by atoms with Crippen molar-refractivity contribution in [3.63, 3.8) is 0 Å². The number of anilines is 1. The molecule has 3 heterocycles. The Morgan fingerprint density at radius 3 is 2.58 bits per heavy atom. The van der Waals surface area contributed by atoms with Crippen LogP contribution in [0.25, 0.3) is 0 Å². The van der Waals surface area contributed by atoms with Crippen LogP contribution in [0.3, 0.4) is 0 Å². The van der Waals surface area contributed by atoms with Gasteiger partial charge in [-0.15, -0.1) is 0 Å². The fraction of sp³-hybridized carbons (Fsp3) is 0.643. The monoisotopic (exact) mass is 260 g/mol. The quantitative estimate of drug-likeness (QED) is 0.830. The fourth-order valence-electron chi connectivity index (χ4n) is 2.93. The summed E-state index contributed by atoms with van der Waals surface area (Å²) in [5.41, 5.74) is 1.62. The normalized spacial score (nSPS) is 19.6. The summed E-state index contributed by atoms with van der Waals surface area (Å²) < 4.78 is 0. The average Bonchev–Trinajstić information content (AvgIpc) is 2.68. The molecule has 1 aromatic rings. The zero-order valence-corrected chi connectivity index (χ0v) is 11.4. The molecule has 0 atom stereocenters. The molecule has 2 aliphatic rings. The summed E-state index contributed by atoms with van der Waals surface area (Å²) in [4.78, 5) is 23.2. The highest BCUT2D eigenvalue weighted by Gasteiger charge is 2.25. The second kappa shape index (κ2) is 5.15. The van der Waals surface area contributed by atoms with Gasteiger partial charge in [0.15, 0.2) is 0 Å². The lowest BCUT2D eigenvalue weighted by Gasteiger charge is -2.27. The van der Waals surface area contributed by atoms with Gasteiger partial charge < -0.3 is 10.2 Å². The first-order valence-corrected chi connectivity index (χ1v) is 7.16. The van der Waals surface area contributed by atoms with Crippen molar-refractivity contribution in [2.75, 3.05) is 24.5 Å². The molecular formula is C14H20N4O. The minimum absolute atomic E-state index is 0.0529. The van der Waals surface area contributed by atoms with Gasteiger partial charge in [0.2, 0.25) is 0 Å². The summed E-state index contributed by atoms with van der Waals surface area (Å²) in [7, 11) is 0. The summed E-state index contributed by atoms with van der Waals surface area (Å²) in [6.45, 7) is 4.65. The summed E-state index contributed by atoms with van der Waals surface area (Å²) in [5, 5.41) is 2.86. The molecule has 1 fully saturated rings. The molecule has 1 aromatic heterocycles. The zero-order chi connectivity index (χ0) is 13.2. The molecule has 0 aliphatic carbocycles. The number of nitrogens with one attached hydrogen (secondary N) is 1. The lowest BCUT2D eigenvalue weighted by Crippen LogP contribution is -2.36. The fourth-order valence-corrected chi connectivity index (χ4v) is 2.93. The van der Waals surface area contributed by atoms with Gasteiger partial charge in [-0.1, -0.05) is 12.8 Å². The van der Waals surface area contributed by atoms with Gasteiger partial charge in [0.25, 0.3) is 5.91 Å². The van der Waals surface area contributed by atoms with Crippen molar-refractivity contribution in [2.24, 2.45) is 0 Å². The Labute approximate surface area is 113 Å². The Morgan fingerprint density at radius 1 is 1.11 bits per heavy atom. The van der Waals surface area contributed by atoms with E-state index in [0.717, 1.165) is 30.9 Å². The van der Waals surface area contributed by atoms with Crippen molar-refractivity contribution in [3.05, 3.63) is 17.1 Å². The van der Waals surface area contributed by atoms with Crippen molar-refractivity contribution in [1.29, 1.82) is 0 Å². The van der Waals surface area contributed by atoms with E-state index in [2.05, 4.69) is 20.2 Å². The highest BCUT2D eigenvalue weighted by molar-refractivity contribution is 5.96. The smallest absolute Gasteiger partial charge is 0.270 e. The van der Waals surface area contributed by atoms with Gasteiger partial charge in [0.1, 0.15) is 17.3 Å². The van der Waals surface area contributed by atoms with Crippen molar-refractivity contribution >= 4 is 11.7 Å². The summed E-state index contributed by atoms with van der Waals surface area (Å²) in [6.07, 6.45) is 5.85. The number of aromatic nitrogens is 2. The number of carbonyl (C=O) groups excluding carboxylic acids is 1. The number of hydrogen-bond acceptors (Lipinski definition) is 4. The Morgan fingerprint density at radius 2 is 1.84 bits per heavy atom. The highest BCUT2D eigenvalue weighted by Crippen LogP contribution is 2.26. The third kappa shape index (κ3) is 2.41. The molecule has 0 radical (unpaired) electrons. The number of carbonyl (C=O) groups is 1. The largest absolute Gasteiger partial charge is 0.356 e. The van der Waals surface area contributed by atoms with Crippen molar-refractivity contribution in [1.82, 2.24) is 15.3 Å². The maximum Gasteiger partial charge on any atom is 0.270 e. The number of amides is 1. The second-order valence-corrected chi connectivity index (χ2v) is 5.33. The molecule has 102 valence electrons. The van der Waals surface area contributed by atoms with E-state index in [1.807, 2.05) is 6.92 Å². The highest BCUT2D eigenvalue weighted by atomic mass is 16.1. The first-order valence-electron chi connectivity index (χ1n) is 7.16. The van der Waals surface area contributed by atoms with Crippen LogP contribution in [-0.2, 0) is 6.42 Å². The predicted octanol–water partition coefficient (Wildman–Crippen LogP) is 1.45. The number of rotatable bonds is 1. The molecule has 19 heavy (non-hydrogen) atoms. The van der Waals surface area contributed by atoms with E-state index in [9.17, 15) is 4.79 Å². The van der Waals surface area contributed by atoms with Crippen LogP contribution in [0.4, 0.5) is 5.82 Å². The van der Waals surface area contributed by atoms with Gasteiger partial charge in [-0.25, -0.2) is 9.97 Å². The standard InChI is InChI=1S/C14H20N4O/c1-10-16-12-11(6-7-15-14(12)19)13(17-10)18-8-4-2-3-5-9-18/h2-9H2,1H3,(H,15,19). The SMILES string of the molecule is Cc1nc2c(c(N3CCCCCC3)n1)CCNC2=O. The predicted molar refractivity (Wildman–Crippen MR) is 73.5 cm³/mol. The molecule has 5 heteroatoms. The molecule has 3 rings (SSSR count). The molecule has 2 aliphatic heterocycles. The van der Waals surface area contributed by atoms with Crippen LogP contribution in [0.15, 0.2) is 0 Å². The van der Waals surface area contributed by atoms with E-state index in [-0.39, 0.29) is 5.91 Å². The van der Waals surface area contributed by atoms with E-state index < -0.39 is 0 Å². The third-order valence-corrected chi connectivity index (χ3v) is 3.88. The molecule has 1 amide bonds. The van der Waals surface area contributed by atoms with Crippen molar-refractivity contribution in [2.45, 2.75) is 39.0 Å². The van der Waals surface area contributed by atoms with Crippen molar-refractivity contribution in [3.8, 4) is 0 Å². The van der Waals surface area contributed by atoms with Gasteiger partial charge in [0, 0.05) is 25.2 Å². The van der Waals surface area contributed by atoms with E-state index in [1.165, 1.54) is 25.7 Å². The maximum absolute atomic E-state index is 11.9. The molecular weight excluding hydrogens is 240 g/mol. The topological polar surface area (TPSA) is 58.1 Å². The molecule has 1 N–H and O–H groups in total. The first-order chi connectivity index (χ1) is 9.25. The number of nitrogens with zero attached hydrogens (tertiary/aromatic N) is 3. The molecule has 0 saturated carbocycles. The van der Waals surface area contributed by atoms with E-state index in [4.69, 9.17) is 0 Å². The van der Waals surface area contributed by atoms with Crippen molar-refractivity contribution < 1.29 is 4.79 Å². The van der Waals surface area contributed by atoms with Crippen LogP contribution >= 0.6 is 0 Å². The Bertz CT molecular complexity index is 492. The molecule has 0 unspecified atom stereocenters. The summed E-state index contributed by atoms with van der Waals surface area (Å²) in [5.74, 6) is 1.64. The minimum Gasteiger partial charge on any atom is -0.356 e. The number of fused-ring (bicyclic) bond motifs is 1.